The zero-order valence-corrected chi connectivity index (χ0v) is 18.4. The Hall–Kier alpha value is -3.42. The van der Waals surface area contributed by atoms with Crippen LogP contribution in [0.1, 0.15) is 22.5 Å². The molecule has 4 rings (SSSR count). The lowest BCUT2D eigenvalue weighted by Gasteiger charge is -2.39. The van der Waals surface area contributed by atoms with Crippen LogP contribution < -0.4 is 15.0 Å². The number of hydrogen-bond acceptors (Lipinski definition) is 6. The lowest BCUT2D eigenvalue weighted by molar-refractivity contribution is -0.125. The number of nitrogens with zero attached hydrogens (tertiary/aromatic N) is 5. The van der Waals surface area contributed by atoms with Crippen molar-refractivity contribution in [2.75, 3.05) is 31.1 Å². The third-order valence-electron chi connectivity index (χ3n) is 5.31. The van der Waals surface area contributed by atoms with Crippen molar-refractivity contribution in [3.63, 3.8) is 0 Å². The summed E-state index contributed by atoms with van der Waals surface area (Å²) in [6.07, 6.45) is 1.54. The number of anilines is 1. The molecule has 0 spiro atoms. The summed E-state index contributed by atoms with van der Waals surface area (Å²) >= 11 is 0. The van der Waals surface area contributed by atoms with E-state index in [9.17, 15) is 4.79 Å². The minimum Gasteiger partial charge on any atom is -0.492 e. The molecule has 0 aliphatic carbocycles. The molecule has 1 amide bonds. The van der Waals surface area contributed by atoms with Crippen molar-refractivity contribution in [1.29, 1.82) is 0 Å². The van der Waals surface area contributed by atoms with Crippen LogP contribution in [0.2, 0.25) is 0 Å². The molecule has 3 aromatic rings. The highest BCUT2D eigenvalue weighted by molar-refractivity contribution is 5.81. The lowest BCUT2D eigenvalue weighted by Crippen LogP contribution is -2.54. The molecule has 1 aromatic carbocycles. The minimum atomic E-state index is -0.0479. The molecule has 0 saturated carbocycles. The summed E-state index contributed by atoms with van der Waals surface area (Å²) in [4.78, 5) is 23.2. The van der Waals surface area contributed by atoms with E-state index in [1.165, 1.54) is 11.1 Å². The van der Waals surface area contributed by atoms with Crippen LogP contribution in [0.25, 0.3) is 5.82 Å². The topological polar surface area (TPSA) is 85.2 Å². The van der Waals surface area contributed by atoms with Gasteiger partial charge in [-0.25, -0.2) is 14.6 Å². The summed E-state index contributed by atoms with van der Waals surface area (Å²) in [5, 5.41) is 7.44. The van der Waals surface area contributed by atoms with Crippen molar-refractivity contribution < 1.29 is 9.53 Å². The summed E-state index contributed by atoms with van der Waals surface area (Å²) in [5.41, 5.74) is 4.30. The number of aryl methyl sites for hydroxylation is 4. The molecule has 1 aliphatic rings. The molecule has 0 radical (unpaired) electrons. The quantitative estimate of drug-likeness (QED) is 0.591. The highest BCUT2D eigenvalue weighted by atomic mass is 16.5. The van der Waals surface area contributed by atoms with Gasteiger partial charge in [0.2, 0.25) is 5.91 Å². The van der Waals surface area contributed by atoms with Gasteiger partial charge in [-0.2, -0.15) is 5.10 Å². The van der Waals surface area contributed by atoms with Gasteiger partial charge in [0.1, 0.15) is 24.5 Å². The number of hydrogen-bond donors (Lipinski definition) is 1. The predicted molar refractivity (Wildman–Crippen MR) is 119 cm³/mol. The zero-order chi connectivity index (χ0) is 22.0. The van der Waals surface area contributed by atoms with Crippen LogP contribution in [0.4, 0.5) is 5.82 Å². The van der Waals surface area contributed by atoms with E-state index in [1.807, 2.05) is 52.0 Å². The minimum absolute atomic E-state index is 0.0479. The second kappa shape index (κ2) is 8.75. The molecule has 0 unspecified atom stereocenters. The van der Waals surface area contributed by atoms with E-state index in [0.717, 1.165) is 28.8 Å². The summed E-state index contributed by atoms with van der Waals surface area (Å²) in [6.45, 7) is 10.2. The molecular formula is C23H28N6O2. The molecular weight excluding hydrogens is 392 g/mol. The lowest BCUT2D eigenvalue weighted by atomic mass is 9.99. The fourth-order valence-corrected chi connectivity index (χ4v) is 3.82. The maximum Gasteiger partial charge on any atom is 0.226 e. The Balaban J connectivity index is 1.25. The van der Waals surface area contributed by atoms with Crippen LogP contribution in [-0.4, -0.2) is 51.9 Å². The van der Waals surface area contributed by atoms with E-state index in [2.05, 4.69) is 31.3 Å². The van der Waals surface area contributed by atoms with Gasteiger partial charge in [-0.15, -0.1) is 0 Å². The van der Waals surface area contributed by atoms with E-state index in [-0.39, 0.29) is 11.8 Å². The summed E-state index contributed by atoms with van der Waals surface area (Å²) in [7, 11) is 0. The molecule has 31 heavy (non-hydrogen) atoms. The van der Waals surface area contributed by atoms with E-state index in [4.69, 9.17) is 4.74 Å². The number of carbonyl (C=O) groups is 1. The molecule has 8 heteroatoms. The molecule has 1 fully saturated rings. The number of benzene rings is 1. The third kappa shape index (κ3) is 4.84. The molecule has 0 bridgehead atoms. The largest absolute Gasteiger partial charge is 0.492 e. The maximum atomic E-state index is 12.4. The number of aromatic nitrogens is 4. The van der Waals surface area contributed by atoms with Crippen molar-refractivity contribution in [1.82, 2.24) is 25.1 Å². The average Bonchev–Trinajstić information content (AvgIpc) is 3.02. The molecule has 0 atom stereocenters. The summed E-state index contributed by atoms with van der Waals surface area (Å²) in [6, 6.07) is 10.0. The smallest absolute Gasteiger partial charge is 0.226 e. The van der Waals surface area contributed by atoms with Gasteiger partial charge < -0.3 is 15.0 Å². The Morgan fingerprint density at radius 1 is 1.03 bits per heavy atom. The number of amides is 1. The van der Waals surface area contributed by atoms with Gasteiger partial charge in [0, 0.05) is 24.8 Å². The number of nitrogens with one attached hydrogen (secondary N) is 1. The first-order chi connectivity index (χ1) is 14.9. The van der Waals surface area contributed by atoms with Crippen LogP contribution in [0.5, 0.6) is 5.75 Å². The molecule has 1 aliphatic heterocycles. The van der Waals surface area contributed by atoms with Crippen LogP contribution in [0.15, 0.2) is 36.7 Å². The van der Waals surface area contributed by atoms with Crippen molar-refractivity contribution >= 4 is 11.7 Å². The molecule has 3 heterocycles. The van der Waals surface area contributed by atoms with E-state index in [0.29, 0.717) is 26.2 Å². The monoisotopic (exact) mass is 420 g/mol. The van der Waals surface area contributed by atoms with Crippen molar-refractivity contribution in [3.05, 3.63) is 59.2 Å². The van der Waals surface area contributed by atoms with Gasteiger partial charge in [0.25, 0.3) is 0 Å². The Morgan fingerprint density at radius 2 is 1.74 bits per heavy atom. The van der Waals surface area contributed by atoms with Gasteiger partial charge >= 0.3 is 0 Å². The predicted octanol–water partition coefficient (Wildman–Crippen LogP) is 2.53. The van der Waals surface area contributed by atoms with E-state index < -0.39 is 0 Å². The number of rotatable bonds is 7. The zero-order valence-electron chi connectivity index (χ0n) is 18.4. The second-order valence-corrected chi connectivity index (χ2v) is 8.14. The van der Waals surface area contributed by atoms with Gasteiger partial charge in [0.15, 0.2) is 5.82 Å². The fourth-order valence-electron chi connectivity index (χ4n) is 3.82. The van der Waals surface area contributed by atoms with E-state index >= 15 is 0 Å². The molecule has 1 saturated heterocycles. The molecule has 162 valence electrons. The highest BCUT2D eigenvalue weighted by Gasteiger charge is 2.33. The first kappa shape index (κ1) is 20.8. The van der Waals surface area contributed by atoms with Crippen LogP contribution >= 0.6 is 0 Å². The van der Waals surface area contributed by atoms with Crippen molar-refractivity contribution in [2.24, 2.45) is 5.92 Å². The van der Waals surface area contributed by atoms with Gasteiger partial charge in [-0.3, -0.25) is 4.79 Å². The van der Waals surface area contributed by atoms with Crippen LogP contribution in [0.3, 0.4) is 0 Å². The van der Waals surface area contributed by atoms with Gasteiger partial charge in [-0.1, -0.05) is 6.07 Å². The maximum absolute atomic E-state index is 12.4. The van der Waals surface area contributed by atoms with Gasteiger partial charge in [0.05, 0.1) is 18.2 Å². The Bertz CT molecular complexity index is 1070. The molecule has 1 N–H and O–H groups in total. The van der Waals surface area contributed by atoms with E-state index in [1.54, 1.807) is 11.0 Å². The Morgan fingerprint density at radius 3 is 2.42 bits per heavy atom. The number of ether oxygens (including phenoxy) is 1. The standard InChI is InChI=1S/C23H28N6O2/c1-15-7-16(2)9-20(8-15)31-6-5-24-23(30)19-12-28(13-19)21-11-22(26-14-25-21)29-18(4)10-17(3)27-29/h7-11,14,19H,5-6,12-13H2,1-4H3,(H,24,30). The second-order valence-electron chi connectivity index (χ2n) is 8.14. The highest BCUT2D eigenvalue weighted by Crippen LogP contribution is 2.24. The van der Waals surface area contributed by atoms with Crippen molar-refractivity contribution in [2.45, 2.75) is 27.7 Å². The third-order valence-corrected chi connectivity index (χ3v) is 5.31. The Kier molecular flexibility index (Phi) is 5.88. The summed E-state index contributed by atoms with van der Waals surface area (Å²) in [5.74, 6) is 2.37. The van der Waals surface area contributed by atoms with Gasteiger partial charge in [-0.05, 0) is 57.0 Å². The van der Waals surface area contributed by atoms with Crippen LogP contribution in [-0.2, 0) is 4.79 Å². The fraction of sp³-hybridized carbons (Fsp3) is 0.391. The Labute approximate surface area is 182 Å². The number of carbonyl (C=O) groups excluding carboxylic acids is 1. The summed E-state index contributed by atoms with van der Waals surface area (Å²) < 4.78 is 7.56. The average molecular weight is 421 g/mol. The normalized spacial score (nSPS) is 13.7. The molecule has 8 nitrogen and oxygen atoms in total. The SMILES string of the molecule is Cc1cc(C)cc(OCCNC(=O)C2CN(c3cc(-n4nc(C)cc4C)ncn3)C2)c1. The van der Waals surface area contributed by atoms with Crippen LogP contribution in [0, 0.1) is 33.6 Å². The first-order valence-electron chi connectivity index (χ1n) is 10.5. The van der Waals surface area contributed by atoms with Crippen molar-refractivity contribution in [3.8, 4) is 11.6 Å². The molecule has 2 aromatic heterocycles. The first-order valence-corrected chi connectivity index (χ1v) is 10.5.